The molecule has 1 aliphatic rings. The van der Waals surface area contributed by atoms with E-state index in [4.69, 9.17) is 5.73 Å². The topological polar surface area (TPSA) is 53.6 Å². The molecule has 0 heterocycles. The highest BCUT2D eigenvalue weighted by Crippen LogP contribution is 2.21. The van der Waals surface area contributed by atoms with Crippen LogP contribution in [0, 0.1) is 5.92 Å². The molecular weight excluding hydrogens is 351 g/mol. The molecule has 1 saturated carbocycles. The van der Waals surface area contributed by atoms with Crippen molar-refractivity contribution in [2.75, 3.05) is 26.7 Å². The van der Waals surface area contributed by atoms with Crippen molar-refractivity contribution in [3.63, 3.8) is 0 Å². The van der Waals surface area contributed by atoms with E-state index in [9.17, 15) is 0 Å². The molecule has 0 saturated heterocycles. The Labute approximate surface area is 135 Å². The first-order valence-electron chi connectivity index (χ1n) is 7.33. The monoisotopic (exact) mass is 382 g/mol. The van der Waals surface area contributed by atoms with Gasteiger partial charge in [-0.2, -0.15) is 0 Å². The summed E-state index contributed by atoms with van der Waals surface area (Å²) in [5.74, 6) is 1.28. The molecule has 0 unspecified atom stereocenters. The highest BCUT2D eigenvalue weighted by molar-refractivity contribution is 14.0. The molecule has 0 aromatic carbocycles. The molecule has 114 valence electrons. The van der Waals surface area contributed by atoms with Crippen LogP contribution in [0.1, 0.15) is 46.0 Å². The maximum absolute atomic E-state index is 5.82. The van der Waals surface area contributed by atoms with Crippen LogP contribution in [0.25, 0.3) is 0 Å². The summed E-state index contributed by atoms with van der Waals surface area (Å²) in [6.45, 7) is 7.18. The Morgan fingerprint density at radius 1 is 1.37 bits per heavy atom. The number of hydrogen-bond acceptors (Lipinski definition) is 2. The molecule has 0 amide bonds. The lowest BCUT2D eigenvalue weighted by atomic mass is 10.1. The van der Waals surface area contributed by atoms with E-state index in [1.807, 2.05) is 0 Å². The lowest BCUT2D eigenvalue weighted by Gasteiger charge is -2.24. The zero-order valence-electron chi connectivity index (χ0n) is 12.7. The number of rotatable bonds is 7. The van der Waals surface area contributed by atoms with Gasteiger partial charge in [0.2, 0.25) is 0 Å². The van der Waals surface area contributed by atoms with Crippen molar-refractivity contribution < 1.29 is 0 Å². The smallest absolute Gasteiger partial charge is 0.188 e. The van der Waals surface area contributed by atoms with Crippen LogP contribution in [0.3, 0.4) is 0 Å². The van der Waals surface area contributed by atoms with Gasteiger partial charge in [-0.1, -0.05) is 26.7 Å². The minimum atomic E-state index is 0. The minimum absolute atomic E-state index is 0. The number of likely N-dealkylation sites (N-methyl/N-ethyl adjacent to an activating group) is 1. The van der Waals surface area contributed by atoms with Gasteiger partial charge in [0.05, 0.1) is 0 Å². The van der Waals surface area contributed by atoms with Gasteiger partial charge < -0.3 is 16.0 Å². The first-order chi connectivity index (χ1) is 8.59. The van der Waals surface area contributed by atoms with Gasteiger partial charge in [-0.15, -0.1) is 24.0 Å². The third kappa shape index (κ3) is 8.68. The zero-order chi connectivity index (χ0) is 13.4. The van der Waals surface area contributed by atoms with Gasteiger partial charge >= 0.3 is 0 Å². The molecule has 3 N–H and O–H groups in total. The molecular formula is C14H31IN4. The van der Waals surface area contributed by atoms with Gasteiger partial charge in [-0.05, 0) is 32.2 Å². The number of hydrogen-bond donors (Lipinski definition) is 2. The Balaban J connectivity index is 0.00000324. The van der Waals surface area contributed by atoms with Gasteiger partial charge in [0, 0.05) is 25.7 Å². The summed E-state index contributed by atoms with van der Waals surface area (Å²) in [5.41, 5.74) is 5.82. The normalized spacial score (nSPS) is 17.0. The van der Waals surface area contributed by atoms with Gasteiger partial charge in [0.15, 0.2) is 5.96 Å². The van der Waals surface area contributed by atoms with E-state index in [0.717, 1.165) is 32.1 Å². The summed E-state index contributed by atoms with van der Waals surface area (Å²) in [6.07, 6.45) is 6.59. The Kier molecular flexibility index (Phi) is 10.7. The molecule has 0 aliphatic heterocycles. The molecule has 0 aromatic rings. The molecule has 1 fully saturated rings. The van der Waals surface area contributed by atoms with E-state index < -0.39 is 0 Å². The van der Waals surface area contributed by atoms with Crippen LogP contribution in [0.15, 0.2) is 4.99 Å². The first-order valence-corrected chi connectivity index (χ1v) is 7.33. The average Bonchev–Trinajstić information content (AvgIpc) is 2.81. The fourth-order valence-corrected chi connectivity index (χ4v) is 2.39. The van der Waals surface area contributed by atoms with Crippen molar-refractivity contribution in [2.45, 2.75) is 52.0 Å². The highest BCUT2D eigenvalue weighted by Gasteiger charge is 2.18. The van der Waals surface area contributed by atoms with E-state index in [-0.39, 0.29) is 24.0 Å². The van der Waals surface area contributed by atoms with Crippen LogP contribution in [-0.2, 0) is 0 Å². The number of aliphatic imine (C=N–C) groups is 1. The van der Waals surface area contributed by atoms with Crippen LogP contribution in [0.4, 0.5) is 0 Å². The molecule has 19 heavy (non-hydrogen) atoms. The van der Waals surface area contributed by atoms with E-state index in [2.05, 4.69) is 36.1 Å². The summed E-state index contributed by atoms with van der Waals surface area (Å²) in [4.78, 5) is 6.77. The predicted octanol–water partition coefficient (Wildman–Crippen LogP) is 2.43. The fraction of sp³-hybridized carbons (Fsp3) is 0.929. The van der Waals surface area contributed by atoms with Crippen molar-refractivity contribution in [3.05, 3.63) is 0 Å². The summed E-state index contributed by atoms with van der Waals surface area (Å²) in [7, 11) is 2.21. The zero-order valence-corrected chi connectivity index (χ0v) is 15.0. The third-order valence-electron chi connectivity index (χ3n) is 3.71. The predicted molar refractivity (Wildman–Crippen MR) is 94.2 cm³/mol. The van der Waals surface area contributed by atoms with Crippen molar-refractivity contribution >= 4 is 29.9 Å². The molecule has 0 radical (unpaired) electrons. The van der Waals surface area contributed by atoms with Crippen LogP contribution >= 0.6 is 24.0 Å². The highest BCUT2D eigenvalue weighted by atomic mass is 127. The van der Waals surface area contributed by atoms with E-state index in [1.165, 1.54) is 25.7 Å². The molecule has 1 rings (SSSR count). The summed E-state index contributed by atoms with van der Waals surface area (Å²) < 4.78 is 0. The molecule has 0 bridgehead atoms. The standard InChI is InChI=1S/C14H30N4.HI/c1-12(2)8-9-16-14(15)17-10-11-18(3)13-6-4-5-7-13;/h12-13H,4-11H2,1-3H3,(H3,15,16,17);1H. The second-order valence-corrected chi connectivity index (χ2v) is 5.80. The lowest BCUT2D eigenvalue weighted by molar-refractivity contribution is 0.249. The van der Waals surface area contributed by atoms with Gasteiger partial charge in [-0.3, -0.25) is 4.99 Å². The van der Waals surface area contributed by atoms with E-state index >= 15 is 0 Å². The average molecular weight is 382 g/mol. The molecule has 4 nitrogen and oxygen atoms in total. The molecule has 5 heteroatoms. The SMILES string of the molecule is CC(C)CCN=C(N)NCCN(C)C1CCCC1.I. The Morgan fingerprint density at radius 3 is 2.58 bits per heavy atom. The number of halogens is 1. The number of nitrogens with two attached hydrogens (primary N) is 1. The summed E-state index contributed by atoms with van der Waals surface area (Å²) in [6, 6.07) is 0.783. The maximum Gasteiger partial charge on any atom is 0.188 e. The second kappa shape index (κ2) is 10.7. The Bertz CT molecular complexity index is 250. The molecule has 0 spiro atoms. The lowest BCUT2D eigenvalue weighted by Crippen LogP contribution is -2.40. The van der Waals surface area contributed by atoms with Crippen molar-refractivity contribution in [1.29, 1.82) is 0 Å². The van der Waals surface area contributed by atoms with Crippen molar-refractivity contribution in [1.82, 2.24) is 10.2 Å². The van der Waals surface area contributed by atoms with E-state index in [0.29, 0.717) is 11.9 Å². The Hall–Kier alpha value is -0.0400. The van der Waals surface area contributed by atoms with Crippen LogP contribution in [0.2, 0.25) is 0 Å². The van der Waals surface area contributed by atoms with Crippen molar-refractivity contribution in [3.8, 4) is 0 Å². The molecule has 0 aromatic heterocycles. The fourth-order valence-electron chi connectivity index (χ4n) is 2.39. The van der Waals surface area contributed by atoms with Gasteiger partial charge in [-0.25, -0.2) is 0 Å². The summed E-state index contributed by atoms with van der Waals surface area (Å²) in [5, 5.41) is 3.20. The van der Waals surface area contributed by atoms with Crippen LogP contribution in [0.5, 0.6) is 0 Å². The van der Waals surface area contributed by atoms with Gasteiger partial charge in [0.1, 0.15) is 0 Å². The minimum Gasteiger partial charge on any atom is -0.370 e. The van der Waals surface area contributed by atoms with Crippen molar-refractivity contribution in [2.24, 2.45) is 16.6 Å². The van der Waals surface area contributed by atoms with Crippen LogP contribution < -0.4 is 11.1 Å². The first kappa shape index (κ1) is 19.0. The van der Waals surface area contributed by atoms with E-state index in [1.54, 1.807) is 0 Å². The second-order valence-electron chi connectivity index (χ2n) is 5.80. The maximum atomic E-state index is 5.82. The van der Waals surface area contributed by atoms with Crippen LogP contribution in [-0.4, -0.2) is 43.6 Å². The summed E-state index contributed by atoms with van der Waals surface area (Å²) >= 11 is 0. The van der Waals surface area contributed by atoms with Gasteiger partial charge in [0.25, 0.3) is 0 Å². The quantitative estimate of drug-likeness (QED) is 0.404. The number of nitrogens with one attached hydrogen (secondary N) is 1. The molecule has 0 atom stereocenters. The number of guanidine groups is 1. The Morgan fingerprint density at radius 2 is 2.00 bits per heavy atom. The third-order valence-corrected chi connectivity index (χ3v) is 3.71. The number of nitrogens with zero attached hydrogens (tertiary/aromatic N) is 2. The molecule has 1 aliphatic carbocycles. The largest absolute Gasteiger partial charge is 0.370 e.